The molecule has 0 saturated carbocycles. The van der Waals surface area contributed by atoms with Crippen LogP contribution in [0.15, 0.2) is 29.3 Å². The van der Waals surface area contributed by atoms with Gasteiger partial charge in [-0.3, -0.25) is 4.99 Å². The SMILES string of the molecule is CCNC(=NCCNS(=O)(=O)CC)NC1CCN(c2ccccc2OC)C1.I. The third-order valence-corrected chi connectivity index (χ3v) is 5.79. The van der Waals surface area contributed by atoms with Gasteiger partial charge in [0.2, 0.25) is 10.0 Å². The highest BCUT2D eigenvalue weighted by atomic mass is 127. The first-order chi connectivity index (χ1) is 13.0. The molecule has 1 fully saturated rings. The van der Waals surface area contributed by atoms with E-state index in [1.807, 2.05) is 25.1 Å². The number of para-hydroxylation sites is 2. The van der Waals surface area contributed by atoms with Crippen LogP contribution in [-0.2, 0) is 10.0 Å². The number of halogens is 1. The Hall–Kier alpha value is -1.27. The summed E-state index contributed by atoms with van der Waals surface area (Å²) in [4.78, 5) is 6.77. The molecule has 0 amide bonds. The van der Waals surface area contributed by atoms with E-state index in [2.05, 4.69) is 31.3 Å². The molecule has 3 N–H and O–H groups in total. The van der Waals surface area contributed by atoms with Gasteiger partial charge >= 0.3 is 0 Å². The van der Waals surface area contributed by atoms with Crippen molar-refractivity contribution in [2.24, 2.45) is 4.99 Å². The van der Waals surface area contributed by atoms with E-state index in [0.717, 1.165) is 37.5 Å². The monoisotopic (exact) mass is 525 g/mol. The fourth-order valence-corrected chi connectivity index (χ4v) is 3.58. The second kappa shape index (κ2) is 12.3. The zero-order valence-corrected chi connectivity index (χ0v) is 19.9. The van der Waals surface area contributed by atoms with Crippen LogP contribution in [0.5, 0.6) is 5.75 Å². The highest BCUT2D eigenvalue weighted by Crippen LogP contribution is 2.30. The normalized spacial score (nSPS) is 17.2. The number of benzene rings is 1. The van der Waals surface area contributed by atoms with Gasteiger partial charge in [-0.2, -0.15) is 0 Å². The Bertz CT molecular complexity index is 730. The molecule has 1 saturated heterocycles. The summed E-state index contributed by atoms with van der Waals surface area (Å²) >= 11 is 0. The van der Waals surface area contributed by atoms with Crippen LogP contribution in [0.4, 0.5) is 5.69 Å². The minimum Gasteiger partial charge on any atom is -0.495 e. The Kier molecular flexibility index (Phi) is 10.9. The average molecular weight is 525 g/mol. The lowest BCUT2D eigenvalue weighted by Gasteiger charge is -2.22. The minimum absolute atomic E-state index is 0. The number of aliphatic imine (C=N–C) groups is 1. The van der Waals surface area contributed by atoms with Crippen LogP contribution >= 0.6 is 24.0 Å². The highest BCUT2D eigenvalue weighted by Gasteiger charge is 2.25. The number of nitrogens with one attached hydrogen (secondary N) is 3. The predicted molar refractivity (Wildman–Crippen MR) is 126 cm³/mol. The van der Waals surface area contributed by atoms with Gasteiger partial charge in [-0.25, -0.2) is 13.1 Å². The lowest BCUT2D eigenvalue weighted by Crippen LogP contribution is -2.45. The van der Waals surface area contributed by atoms with Crippen molar-refractivity contribution in [3.8, 4) is 5.75 Å². The van der Waals surface area contributed by atoms with Gasteiger partial charge in [0.15, 0.2) is 5.96 Å². The number of anilines is 1. The Labute approximate surface area is 185 Å². The van der Waals surface area contributed by atoms with Crippen LogP contribution in [0, 0.1) is 0 Å². The topological polar surface area (TPSA) is 95.1 Å². The van der Waals surface area contributed by atoms with Gasteiger partial charge in [-0.05, 0) is 32.4 Å². The number of sulfonamides is 1. The third-order valence-electron chi connectivity index (χ3n) is 4.38. The summed E-state index contributed by atoms with van der Waals surface area (Å²) in [6.07, 6.45) is 0.991. The Morgan fingerprint density at radius 2 is 2.07 bits per heavy atom. The van der Waals surface area contributed by atoms with E-state index in [1.165, 1.54) is 0 Å². The maximum atomic E-state index is 11.5. The van der Waals surface area contributed by atoms with Crippen LogP contribution in [0.3, 0.4) is 0 Å². The average Bonchev–Trinajstić information content (AvgIpc) is 3.13. The lowest BCUT2D eigenvalue weighted by atomic mass is 10.2. The fraction of sp³-hybridized carbons (Fsp3) is 0.611. The summed E-state index contributed by atoms with van der Waals surface area (Å²) < 4.78 is 30.9. The molecule has 28 heavy (non-hydrogen) atoms. The molecule has 1 aliphatic rings. The van der Waals surface area contributed by atoms with Crippen molar-refractivity contribution < 1.29 is 13.2 Å². The van der Waals surface area contributed by atoms with E-state index in [1.54, 1.807) is 14.0 Å². The van der Waals surface area contributed by atoms with E-state index in [9.17, 15) is 8.42 Å². The molecule has 0 radical (unpaired) electrons. The Morgan fingerprint density at radius 1 is 1.32 bits per heavy atom. The van der Waals surface area contributed by atoms with Crippen LogP contribution in [0.1, 0.15) is 20.3 Å². The van der Waals surface area contributed by atoms with Crippen LogP contribution in [0.25, 0.3) is 0 Å². The molecule has 0 aliphatic carbocycles. The van der Waals surface area contributed by atoms with Crippen molar-refractivity contribution in [1.82, 2.24) is 15.4 Å². The molecular formula is C18H32IN5O3S. The number of nitrogens with zero attached hydrogens (tertiary/aromatic N) is 2. The van der Waals surface area contributed by atoms with Crippen LogP contribution in [-0.4, -0.2) is 66.0 Å². The number of hydrogen-bond acceptors (Lipinski definition) is 5. The molecule has 1 aliphatic heterocycles. The zero-order valence-electron chi connectivity index (χ0n) is 16.8. The molecule has 8 nitrogen and oxygen atoms in total. The molecule has 1 unspecified atom stereocenters. The van der Waals surface area contributed by atoms with E-state index in [0.29, 0.717) is 19.0 Å². The van der Waals surface area contributed by atoms with E-state index < -0.39 is 10.0 Å². The van der Waals surface area contributed by atoms with Crippen LogP contribution < -0.4 is 25.0 Å². The van der Waals surface area contributed by atoms with Crippen molar-refractivity contribution in [2.45, 2.75) is 26.3 Å². The highest BCUT2D eigenvalue weighted by molar-refractivity contribution is 14.0. The van der Waals surface area contributed by atoms with E-state index >= 15 is 0 Å². The van der Waals surface area contributed by atoms with Crippen molar-refractivity contribution >= 4 is 45.6 Å². The molecule has 1 atom stereocenters. The summed E-state index contributed by atoms with van der Waals surface area (Å²) in [5.74, 6) is 1.66. The molecule has 1 heterocycles. The number of hydrogen-bond donors (Lipinski definition) is 3. The van der Waals surface area contributed by atoms with Gasteiger partial charge in [-0.15, -0.1) is 24.0 Å². The maximum Gasteiger partial charge on any atom is 0.211 e. The fourth-order valence-electron chi connectivity index (χ4n) is 2.97. The molecule has 160 valence electrons. The maximum absolute atomic E-state index is 11.5. The first kappa shape index (κ1) is 24.8. The number of rotatable bonds is 9. The zero-order chi connectivity index (χ0) is 19.7. The van der Waals surface area contributed by atoms with Gasteiger partial charge in [0.05, 0.1) is 25.1 Å². The molecule has 0 aromatic heterocycles. The first-order valence-electron chi connectivity index (χ1n) is 9.39. The predicted octanol–water partition coefficient (Wildman–Crippen LogP) is 1.39. The van der Waals surface area contributed by atoms with Crippen LogP contribution in [0.2, 0.25) is 0 Å². The standard InChI is InChI=1S/C18H31N5O3S.HI/c1-4-19-18(20-11-12-21-27(24,25)5-2)22-15-10-13-23(14-15)16-8-6-7-9-17(16)26-3;/h6-9,15,21H,4-5,10-14H2,1-3H3,(H2,19,20,22);1H. The molecule has 0 bridgehead atoms. The van der Waals surface area contributed by atoms with Crippen molar-refractivity contribution in [1.29, 1.82) is 0 Å². The molecular weight excluding hydrogens is 493 g/mol. The largest absolute Gasteiger partial charge is 0.495 e. The van der Waals surface area contributed by atoms with Crippen molar-refractivity contribution in [3.63, 3.8) is 0 Å². The Morgan fingerprint density at radius 3 is 2.75 bits per heavy atom. The molecule has 1 aromatic rings. The van der Waals surface area contributed by atoms with Crippen molar-refractivity contribution in [3.05, 3.63) is 24.3 Å². The summed E-state index contributed by atoms with van der Waals surface area (Å²) in [6, 6.07) is 8.29. The van der Waals surface area contributed by atoms with Gasteiger partial charge in [0.1, 0.15) is 5.75 Å². The van der Waals surface area contributed by atoms with Gasteiger partial charge in [-0.1, -0.05) is 12.1 Å². The smallest absolute Gasteiger partial charge is 0.211 e. The van der Waals surface area contributed by atoms with E-state index in [4.69, 9.17) is 4.74 Å². The summed E-state index contributed by atoms with van der Waals surface area (Å²) in [5, 5.41) is 6.66. The van der Waals surface area contributed by atoms with E-state index in [-0.39, 0.29) is 35.8 Å². The lowest BCUT2D eigenvalue weighted by molar-refractivity contribution is 0.415. The summed E-state index contributed by atoms with van der Waals surface area (Å²) in [6.45, 7) is 6.84. The van der Waals surface area contributed by atoms with Crippen molar-refractivity contribution in [2.75, 3.05) is 50.5 Å². The first-order valence-corrected chi connectivity index (χ1v) is 11.0. The minimum atomic E-state index is -3.18. The summed E-state index contributed by atoms with van der Waals surface area (Å²) in [7, 11) is -1.49. The number of guanidine groups is 1. The quantitative estimate of drug-likeness (QED) is 0.195. The molecule has 1 aromatic carbocycles. The molecule has 2 rings (SSSR count). The molecule has 10 heteroatoms. The van der Waals surface area contributed by atoms with Gasteiger partial charge < -0.3 is 20.3 Å². The Balaban J connectivity index is 0.00000392. The van der Waals surface area contributed by atoms with Gasteiger partial charge in [0, 0.05) is 32.2 Å². The second-order valence-electron chi connectivity index (χ2n) is 6.31. The number of ether oxygens (including phenoxy) is 1. The molecule has 0 spiro atoms. The van der Waals surface area contributed by atoms with Gasteiger partial charge in [0.25, 0.3) is 0 Å². The third kappa shape index (κ3) is 7.63. The second-order valence-corrected chi connectivity index (χ2v) is 8.40. The summed E-state index contributed by atoms with van der Waals surface area (Å²) in [5.41, 5.74) is 1.10. The number of methoxy groups -OCH3 is 1.